The number of ether oxygens (including phenoxy) is 1. The molecule has 0 saturated carbocycles. The molecule has 0 aliphatic carbocycles. The minimum atomic E-state index is -3.96. The molecule has 0 amide bonds. The molecule has 8 nitrogen and oxygen atoms in total. The summed E-state index contributed by atoms with van der Waals surface area (Å²) in [6.45, 7) is 3.99. The minimum absolute atomic E-state index is 0.0249. The lowest BCUT2D eigenvalue weighted by Crippen LogP contribution is -2.16. The van der Waals surface area contributed by atoms with Crippen molar-refractivity contribution in [1.29, 1.82) is 0 Å². The molecule has 27 heavy (non-hydrogen) atoms. The van der Waals surface area contributed by atoms with Crippen molar-refractivity contribution in [3.8, 4) is 5.75 Å². The summed E-state index contributed by atoms with van der Waals surface area (Å²) in [6.07, 6.45) is 1.60. The zero-order valence-electron chi connectivity index (χ0n) is 14.2. The molecule has 1 aromatic heterocycles. The molecule has 0 spiro atoms. The Morgan fingerprint density at radius 1 is 1.30 bits per heavy atom. The van der Waals surface area contributed by atoms with Gasteiger partial charge in [-0.1, -0.05) is 17.4 Å². The number of nitro benzene ring substituents is 1. The quantitative estimate of drug-likeness (QED) is 0.356. The predicted octanol–water partition coefficient (Wildman–Crippen LogP) is 3.10. The molecule has 0 N–H and O–H groups in total. The van der Waals surface area contributed by atoms with E-state index in [0.29, 0.717) is 22.5 Å². The molecule has 0 bridgehead atoms. The van der Waals surface area contributed by atoms with E-state index in [1.807, 2.05) is 0 Å². The number of aromatic nitrogens is 1. The van der Waals surface area contributed by atoms with E-state index in [-0.39, 0.29) is 15.4 Å². The highest BCUT2D eigenvalue weighted by Crippen LogP contribution is 2.24. The first-order valence-electron chi connectivity index (χ1n) is 7.69. The standard InChI is InChI=1S/C17H15N3O5S2/c1-3-10-19-15-9-4-12(20(21)22)11-16(15)26-17(19)18-27(23,24)14-7-5-13(25-2)6-8-14/h3-9,11H,1,10H2,2H3. The van der Waals surface area contributed by atoms with Crippen molar-refractivity contribution in [3.05, 3.63) is 70.0 Å². The van der Waals surface area contributed by atoms with Crippen LogP contribution in [0.1, 0.15) is 0 Å². The number of sulfonamides is 1. The van der Waals surface area contributed by atoms with Gasteiger partial charge in [-0.15, -0.1) is 11.0 Å². The third kappa shape index (κ3) is 3.76. The molecule has 0 radical (unpaired) electrons. The Morgan fingerprint density at radius 3 is 2.59 bits per heavy atom. The topological polar surface area (TPSA) is 104 Å². The summed E-state index contributed by atoms with van der Waals surface area (Å²) in [7, 11) is -2.47. The smallest absolute Gasteiger partial charge is 0.285 e. The van der Waals surface area contributed by atoms with Crippen LogP contribution in [0, 0.1) is 10.1 Å². The van der Waals surface area contributed by atoms with Crippen molar-refractivity contribution in [2.45, 2.75) is 11.4 Å². The molecule has 0 fully saturated rings. The lowest BCUT2D eigenvalue weighted by atomic mass is 10.3. The second-order valence-corrected chi connectivity index (χ2v) is 8.05. The number of methoxy groups -OCH3 is 1. The van der Waals surface area contributed by atoms with Gasteiger partial charge in [0.25, 0.3) is 15.7 Å². The number of hydrogen-bond acceptors (Lipinski definition) is 6. The van der Waals surface area contributed by atoms with Crippen LogP contribution < -0.4 is 9.54 Å². The van der Waals surface area contributed by atoms with Gasteiger partial charge in [0.2, 0.25) is 4.80 Å². The fourth-order valence-electron chi connectivity index (χ4n) is 2.45. The van der Waals surface area contributed by atoms with E-state index < -0.39 is 14.9 Å². The lowest BCUT2D eigenvalue weighted by molar-refractivity contribution is -0.384. The van der Waals surface area contributed by atoms with Crippen molar-refractivity contribution in [3.63, 3.8) is 0 Å². The highest BCUT2D eigenvalue weighted by atomic mass is 32.2. The summed E-state index contributed by atoms with van der Waals surface area (Å²) in [6, 6.07) is 10.2. The van der Waals surface area contributed by atoms with Crippen molar-refractivity contribution >= 4 is 37.3 Å². The summed E-state index contributed by atoms with van der Waals surface area (Å²) < 4.78 is 36.5. The van der Waals surface area contributed by atoms with Crippen molar-refractivity contribution in [1.82, 2.24) is 4.57 Å². The zero-order chi connectivity index (χ0) is 19.6. The van der Waals surface area contributed by atoms with Crippen LogP contribution in [0.3, 0.4) is 0 Å². The average Bonchev–Trinajstić information content (AvgIpc) is 2.98. The van der Waals surface area contributed by atoms with E-state index in [0.717, 1.165) is 11.3 Å². The Balaban J connectivity index is 2.19. The molecule has 0 aliphatic rings. The number of benzene rings is 2. The van der Waals surface area contributed by atoms with Crippen molar-refractivity contribution in [2.75, 3.05) is 7.11 Å². The monoisotopic (exact) mass is 405 g/mol. The molecule has 0 atom stereocenters. The first-order valence-corrected chi connectivity index (χ1v) is 9.95. The Kier molecular flexibility index (Phi) is 5.10. The molecule has 10 heteroatoms. The molecule has 3 rings (SSSR count). The zero-order valence-corrected chi connectivity index (χ0v) is 15.9. The van der Waals surface area contributed by atoms with Gasteiger partial charge >= 0.3 is 0 Å². The Morgan fingerprint density at radius 2 is 2.00 bits per heavy atom. The molecule has 1 heterocycles. The largest absolute Gasteiger partial charge is 0.497 e. The van der Waals surface area contributed by atoms with Crippen LogP contribution in [-0.2, 0) is 16.6 Å². The second kappa shape index (κ2) is 7.33. The fraction of sp³-hybridized carbons (Fsp3) is 0.118. The second-order valence-electron chi connectivity index (χ2n) is 5.43. The van der Waals surface area contributed by atoms with Crippen LogP contribution in [0.5, 0.6) is 5.75 Å². The normalized spacial score (nSPS) is 12.3. The summed E-state index contributed by atoms with van der Waals surface area (Å²) in [4.78, 5) is 10.7. The number of thiazole rings is 1. The van der Waals surface area contributed by atoms with Crippen LogP contribution in [-0.4, -0.2) is 25.0 Å². The third-order valence-electron chi connectivity index (χ3n) is 3.74. The van der Waals surface area contributed by atoms with Gasteiger partial charge in [-0.25, -0.2) is 0 Å². The Labute approximate surface area is 158 Å². The van der Waals surface area contributed by atoms with Gasteiger partial charge in [0.15, 0.2) is 0 Å². The molecule has 140 valence electrons. The maximum atomic E-state index is 12.7. The van der Waals surface area contributed by atoms with Crippen molar-refractivity contribution < 1.29 is 18.1 Å². The molecule has 0 aliphatic heterocycles. The van der Waals surface area contributed by atoms with Crippen LogP contribution in [0.2, 0.25) is 0 Å². The Bertz CT molecular complexity index is 1190. The molecular formula is C17H15N3O5S2. The van der Waals surface area contributed by atoms with E-state index in [1.165, 1.54) is 43.5 Å². The number of hydrogen-bond donors (Lipinski definition) is 0. The van der Waals surface area contributed by atoms with E-state index in [4.69, 9.17) is 4.74 Å². The molecule has 2 aromatic carbocycles. The number of fused-ring (bicyclic) bond motifs is 1. The third-order valence-corrected chi connectivity index (χ3v) is 6.18. The van der Waals surface area contributed by atoms with Gasteiger partial charge in [-0.2, -0.15) is 8.42 Å². The molecule has 0 unspecified atom stereocenters. The van der Waals surface area contributed by atoms with Gasteiger partial charge in [0, 0.05) is 18.7 Å². The van der Waals surface area contributed by atoms with E-state index in [2.05, 4.69) is 11.0 Å². The highest BCUT2D eigenvalue weighted by Gasteiger charge is 2.16. The Hall–Kier alpha value is -2.98. The molecule has 0 saturated heterocycles. The average molecular weight is 405 g/mol. The summed E-state index contributed by atoms with van der Waals surface area (Å²) in [5.41, 5.74) is 0.577. The molecule has 3 aromatic rings. The SMILES string of the molecule is C=CCn1c(=NS(=O)(=O)c2ccc(OC)cc2)sc2cc([N+](=O)[O-])ccc21. The van der Waals surface area contributed by atoms with Gasteiger partial charge in [-0.05, 0) is 30.3 Å². The lowest BCUT2D eigenvalue weighted by Gasteiger charge is -2.03. The fourth-order valence-corrected chi connectivity index (χ4v) is 4.73. The predicted molar refractivity (Wildman–Crippen MR) is 102 cm³/mol. The van der Waals surface area contributed by atoms with Crippen LogP contribution in [0.4, 0.5) is 5.69 Å². The van der Waals surface area contributed by atoms with Crippen molar-refractivity contribution in [2.24, 2.45) is 4.40 Å². The highest BCUT2D eigenvalue weighted by molar-refractivity contribution is 7.90. The van der Waals surface area contributed by atoms with E-state index in [9.17, 15) is 18.5 Å². The van der Waals surface area contributed by atoms with E-state index >= 15 is 0 Å². The summed E-state index contributed by atoms with van der Waals surface area (Å²) >= 11 is 1.06. The number of nitro groups is 1. The maximum Gasteiger partial charge on any atom is 0.285 e. The number of nitrogens with zero attached hydrogens (tertiary/aromatic N) is 3. The summed E-state index contributed by atoms with van der Waals surface area (Å²) in [5.74, 6) is 0.532. The van der Waals surface area contributed by atoms with Gasteiger partial charge in [-0.3, -0.25) is 10.1 Å². The minimum Gasteiger partial charge on any atom is -0.497 e. The van der Waals surface area contributed by atoms with Crippen LogP contribution in [0.25, 0.3) is 10.2 Å². The number of allylic oxidation sites excluding steroid dienone is 1. The van der Waals surface area contributed by atoms with E-state index in [1.54, 1.807) is 16.7 Å². The summed E-state index contributed by atoms with van der Waals surface area (Å²) in [5, 5.41) is 11.0. The first-order chi connectivity index (χ1) is 12.9. The number of rotatable bonds is 6. The first kappa shape index (κ1) is 18.8. The number of non-ortho nitro benzene ring substituents is 1. The van der Waals surface area contributed by atoms with Gasteiger partial charge in [0.1, 0.15) is 5.75 Å². The van der Waals surface area contributed by atoms with Crippen LogP contribution >= 0.6 is 11.3 Å². The van der Waals surface area contributed by atoms with Gasteiger partial charge < -0.3 is 9.30 Å². The maximum absolute atomic E-state index is 12.7. The molecular weight excluding hydrogens is 390 g/mol. The van der Waals surface area contributed by atoms with Gasteiger partial charge in [0.05, 0.1) is 27.1 Å². The van der Waals surface area contributed by atoms with Crippen LogP contribution in [0.15, 0.2) is 64.4 Å².